The van der Waals surface area contributed by atoms with Gasteiger partial charge < -0.3 is 14.6 Å². The molecule has 18 heavy (non-hydrogen) atoms. The molecule has 0 aliphatic carbocycles. The van der Waals surface area contributed by atoms with Crippen molar-refractivity contribution in [3.05, 3.63) is 53.8 Å². The van der Waals surface area contributed by atoms with Crippen LogP contribution in [0.4, 0.5) is 4.39 Å². The standard InChI is InChI=1S/C14H11FO3/c1-18-13-7-10(5-11(8-13)14(16)17)9-3-2-4-12(15)6-9/h2-8H,1H3,(H,16,17)/p-1. The van der Waals surface area contributed by atoms with Gasteiger partial charge in [0.05, 0.1) is 13.1 Å². The molecular weight excluding hydrogens is 235 g/mol. The molecule has 0 heterocycles. The average molecular weight is 245 g/mol. The Hall–Kier alpha value is -2.36. The summed E-state index contributed by atoms with van der Waals surface area (Å²) in [7, 11) is 1.43. The van der Waals surface area contributed by atoms with E-state index >= 15 is 0 Å². The van der Waals surface area contributed by atoms with Gasteiger partial charge in [-0.25, -0.2) is 4.39 Å². The Kier molecular flexibility index (Phi) is 3.28. The van der Waals surface area contributed by atoms with E-state index in [1.54, 1.807) is 18.2 Å². The molecular formula is C14H10FO3-. The van der Waals surface area contributed by atoms with E-state index in [0.29, 0.717) is 16.9 Å². The summed E-state index contributed by atoms with van der Waals surface area (Å²) in [6.45, 7) is 0. The molecule has 0 bridgehead atoms. The Bertz CT molecular complexity index is 593. The number of carbonyl (C=O) groups excluding carboxylic acids is 1. The van der Waals surface area contributed by atoms with Crippen LogP contribution >= 0.6 is 0 Å². The number of hydrogen-bond acceptors (Lipinski definition) is 3. The fourth-order valence-electron chi connectivity index (χ4n) is 1.67. The average Bonchev–Trinajstić information content (AvgIpc) is 2.38. The van der Waals surface area contributed by atoms with Crippen molar-refractivity contribution in [1.29, 1.82) is 0 Å². The largest absolute Gasteiger partial charge is 0.545 e. The maximum absolute atomic E-state index is 13.1. The maximum atomic E-state index is 13.1. The SMILES string of the molecule is COc1cc(C(=O)[O-])cc(-c2cccc(F)c2)c1. The maximum Gasteiger partial charge on any atom is 0.123 e. The van der Waals surface area contributed by atoms with Gasteiger partial charge in [-0.1, -0.05) is 12.1 Å². The lowest BCUT2D eigenvalue weighted by Gasteiger charge is -2.10. The normalized spacial score (nSPS) is 10.1. The smallest absolute Gasteiger partial charge is 0.123 e. The van der Waals surface area contributed by atoms with Crippen molar-refractivity contribution < 1.29 is 19.0 Å². The minimum absolute atomic E-state index is 0.00592. The molecule has 0 saturated heterocycles. The quantitative estimate of drug-likeness (QED) is 0.829. The van der Waals surface area contributed by atoms with Crippen molar-refractivity contribution in [1.82, 2.24) is 0 Å². The van der Waals surface area contributed by atoms with Gasteiger partial charge in [0.25, 0.3) is 0 Å². The van der Waals surface area contributed by atoms with Crippen LogP contribution in [0.3, 0.4) is 0 Å². The molecule has 0 aromatic heterocycles. The third kappa shape index (κ3) is 2.48. The number of aromatic carboxylic acids is 1. The Morgan fingerprint density at radius 2 is 1.94 bits per heavy atom. The Balaban J connectivity index is 2.56. The molecule has 2 aromatic carbocycles. The predicted octanol–water partition coefficient (Wildman–Crippen LogP) is 1.86. The van der Waals surface area contributed by atoms with Crippen LogP contribution in [-0.4, -0.2) is 13.1 Å². The summed E-state index contributed by atoms with van der Waals surface area (Å²) in [6, 6.07) is 10.3. The van der Waals surface area contributed by atoms with E-state index in [-0.39, 0.29) is 11.4 Å². The van der Waals surface area contributed by atoms with Crippen LogP contribution in [0.15, 0.2) is 42.5 Å². The van der Waals surface area contributed by atoms with E-state index in [2.05, 4.69) is 0 Å². The summed E-state index contributed by atoms with van der Waals surface area (Å²) in [6.07, 6.45) is 0. The van der Waals surface area contributed by atoms with Gasteiger partial charge in [0.15, 0.2) is 0 Å². The van der Waals surface area contributed by atoms with Gasteiger partial charge in [-0.05, 0) is 41.5 Å². The summed E-state index contributed by atoms with van der Waals surface area (Å²) >= 11 is 0. The molecule has 0 atom stereocenters. The Labute approximate surface area is 103 Å². The number of rotatable bonds is 3. The van der Waals surface area contributed by atoms with Crippen molar-refractivity contribution in [2.24, 2.45) is 0 Å². The van der Waals surface area contributed by atoms with Gasteiger partial charge >= 0.3 is 0 Å². The second kappa shape index (κ2) is 4.87. The van der Waals surface area contributed by atoms with Crippen LogP contribution in [-0.2, 0) is 0 Å². The van der Waals surface area contributed by atoms with E-state index in [1.807, 2.05) is 0 Å². The Morgan fingerprint density at radius 1 is 1.17 bits per heavy atom. The number of methoxy groups -OCH3 is 1. The topological polar surface area (TPSA) is 49.4 Å². The number of carbonyl (C=O) groups is 1. The van der Waals surface area contributed by atoms with Crippen LogP contribution in [0.5, 0.6) is 5.75 Å². The summed E-state index contributed by atoms with van der Waals surface area (Å²) in [5, 5.41) is 10.9. The monoisotopic (exact) mass is 245 g/mol. The van der Waals surface area contributed by atoms with Crippen molar-refractivity contribution in [2.75, 3.05) is 7.11 Å². The number of hydrogen-bond donors (Lipinski definition) is 0. The molecule has 0 spiro atoms. The minimum atomic E-state index is -1.30. The molecule has 0 saturated carbocycles. The van der Waals surface area contributed by atoms with Crippen molar-refractivity contribution >= 4 is 5.97 Å². The molecule has 0 unspecified atom stereocenters. The zero-order valence-electron chi connectivity index (χ0n) is 9.64. The summed E-state index contributed by atoms with van der Waals surface area (Å²) in [5.74, 6) is -1.30. The summed E-state index contributed by atoms with van der Waals surface area (Å²) in [4.78, 5) is 10.9. The molecule has 0 fully saturated rings. The number of ether oxygens (including phenoxy) is 1. The molecule has 92 valence electrons. The number of benzene rings is 2. The molecule has 0 radical (unpaired) electrons. The highest BCUT2D eigenvalue weighted by Crippen LogP contribution is 2.26. The van der Waals surface area contributed by atoms with Gasteiger partial charge in [-0.15, -0.1) is 0 Å². The van der Waals surface area contributed by atoms with Crippen LogP contribution < -0.4 is 9.84 Å². The van der Waals surface area contributed by atoms with Crippen LogP contribution in [0.25, 0.3) is 11.1 Å². The highest BCUT2D eigenvalue weighted by atomic mass is 19.1. The van der Waals surface area contributed by atoms with E-state index in [1.165, 1.54) is 31.4 Å². The van der Waals surface area contributed by atoms with Crippen molar-refractivity contribution in [3.8, 4) is 16.9 Å². The van der Waals surface area contributed by atoms with Gasteiger partial charge in [-0.3, -0.25) is 0 Å². The first kappa shape index (κ1) is 12.1. The van der Waals surface area contributed by atoms with Crippen molar-refractivity contribution in [2.45, 2.75) is 0 Å². The predicted molar refractivity (Wildman–Crippen MR) is 62.7 cm³/mol. The lowest BCUT2D eigenvalue weighted by molar-refractivity contribution is -0.255. The lowest BCUT2D eigenvalue weighted by atomic mass is 10.0. The second-order valence-corrected chi connectivity index (χ2v) is 3.75. The fraction of sp³-hybridized carbons (Fsp3) is 0.0714. The third-order valence-corrected chi connectivity index (χ3v) is 2.54. The highest BCUT2D eigenvalue weighted by Gasteiger charge is 2.05. The number of carboxylic acids is 1. The number of halogens is 1. The van der Waals surface area contributed by atoms with Gasteiger partial charge in [0, 0.05) is 5.56 Å². The first-order chi connectivity index (χ1) is 8.60. The Morgan fingerprint density at radius 3 is 2.56 bits per heavy atom. The van der Waals surface area contributed by atoms with Crippen LogP contribution in [0, 0.1) is 5.82 Å². The third-order valence-electron chi connectivity index (χ3n) is 2.54. The van der Waals surface area contributed by atoms with Gasteiger partial charge in [0.2, 0.25) is 0 Å². The lowest BCUT2D eigenvalue weighted by Crippen LogP contribution is -2.22. The molecule has 2 aromatic rings. The van der Waals surface area contributed by atoms with Crippen LogP contribution in [0.2, 0.25) is 0 Å². The zero-order chi connectivity index (χ0) is 13.1. The first-order valence-electron chi connectivity index (χ1n) is 5.26. The van der Waals surface area contributed by atoms with Crippen LogP contribution in [0.1, 0.15) is 10.4 Å². The minimum Gasteiger partial charge on any atom is -0.545 e. The fourth-order valence-corrected chi connectivity index (χ4v) is 1.67. The van der Waals surface area contributed by atoms with Gasteiger partial charge in [-0.2, -0.15) is 0 Å². The molecule has 0 aliphatic heterocycles. The molecule has 2 rings (SSSR count). The van der Waals surface area contributed by atoms with E-state index in [4.69, 9.17) is 4.74 Å². The highest BCUT2D eigenvalue weighted by molar-refractivity contribution is 5.88. The number of carboxylic acid groups (broad SMARTS) is 1. The molecule has 4 heteroatoms. The summed E-state index contributed by atoms with van der Waals surface area (Å²) in [5.41, 5.74) is 1.14. The summed E-state index contributed by atoms with van der Waals surface area (Å²) < 4.78 is 18.1. The molecule has 0 N–H and O–H groups in total. The van der Waals surface area contributed by atoms with E-state index in [0.717, 1.165) is 0 Å². The molecule has 0 aliphatic rings. The van der Waals surface area contributed by atoms with Gasteiger partial charge in [0.1, 0.15) is 11.6 Å². The van der Waals surface area contributed by atoms with E-state index in [9.17, 15) is 14.3 Å². The molecule has 3 nitrogen and oxygen atoms in total. The van der Waals surface area contributed by atoms with E-state index < -0.39 is 5.97 Å². The van der Waals surface area contributed by atoms with Crippen molar-refractivity contribution in [3.63, 3.8) is 0 Å². The molecule has 0 amide bonds. The first-order valence-corrected chi connectivity index (χ1v) is 5.26. The zero-order valence-corrected chi connectivity index (χ0v) is 9.64. The second-order valence-electron chi connectivity index (χ2n) is 3.75.